The highest BCUT2D eigenvalue weighted by atomic mass is 16.2. The van der Waals surface area contributed by atoms with Gasteiger partial charge in [-0.1, -0.05) is 48.0 Å². The van der Waals surface area contributed by atoms with E-state index < -0.39 is 0 Å². The largest absolute Gasteiger partial charge is 0.350 e. The molecule has 0 aliphatic heterocycles. The van der Waals surface area contributed by atoms with Crippen LogP contribution in [-0.4, -0.2) is 29.8 Å². The van der Waals surface area contributed by atoms with Crippen LogP contribution >= 0.6 is 0 Å². The molecule has 0 unspecified atom stereocenters. The SMILES string of the molecule is CC(=O)N(CCNC(=O)c1ccccc1)Cc1cccc(C)c1. The molecule has 0 aromatic heterocycles. The Kier molecular flexibility index (Phi) is 5.92. The minimum Gasteiger partial charge on any atom is -0.350 e. The van der Waals surface area contributed by atoms with Crippen molar-refractivity contribution in [3.8, 4) is 0 Å². The first kappa shape index (κ1) is 16.7. The van der Waals surface area contributed by atoms with Gasteiger partial charge >= 0.3 is 0 Å². The number of carbonyl (C=O) groups is 2. The van der Waals surface area contributed by atoms with Crippen LogP contribution in [-0.2, 0) is 11.3 Å². The lowest BCUT2D eigenvalue weighted by Crippen LogP contribution is -2.37. The van der Waals surface area contributed by atoms with E-state index in [1.165, 1.54) is 5.56 Å². The number of hydrogen-bond acceptors (Lipinski definition) is 2. The van der Waals surface area contributed by atoms with Gasteiger partial charge in [0, 0.05) is 32.1 Å². The summed E-state index contributed by atoms with van der Waals surface area (Å²) in [4.78, 5) is 25.5. The zero-order valence-electron chi connectivity index (χ0n) is 13.6. The Bertz CT molecular complexity index is 668. The van der Waals surface area contributed by atoms with Crippen LogP contribution < -0.4 is 5.32 Å². The van der Waals surface area contributed by atoms with Gasteiger partial charge < -0.3 is 10.2 Å². The molecule has 0 radical (unpaired) electrons. The first-order chi connectivity index (χ1) is 11.1. The second-order valence-corrected chi connectivity index (χ2v) is 5.55. The van der Waals surface area contributed by atoms with Crippen LogP contribution in [0.4, 0.5) is 0 Å². The molecule has 0 aliphatic rings. The Hall–Kier alpha value is -2.62. The molecule has 2 amide bonds. The Morgan fingerprint density at radius 3 is 2.43 bits per heavy atom. The van der Waals surface area contributed by atoms with Gasteiger partial charge in [0.1, 0.15) is 0 Å². The Balaban J connectivity index is 1.88. The molecule has 0 heterocycles. The Morgan fingerprint density at radius 2 is 1.78 bits per heavy atom. The summed E-state index contributed by atoms with van der Waals surface area (Å²) in [5, 5.41) is 2.85. The van der Waals surface area contributed by atoms with E-state index in [0.717, 1.165) is 5.56 Å². The van der Waals surface area contributed by atoms with Gasteiger partial charge in [-0.3, -0.25) is 9.59 Å². The van der Waals surface area contributed by atoms with Crippen LogP contribution in [0.1, 0.15) is 28.4 Å². The van der Waals surface area contributed by atoms with Gasteiger partial charge in [-0.15, -0.1) is 0 Å². The number of nitrogens with zero attached hydrogens (tertiary/aromatic N) is 1. The van der Waals surface area contributed by atoms with Crippen LogP contribution in [0, 0.1) is 6.92 Å². The highest BCUT2D eigenvalue weighted by Gasteiger charge is 2.10. The second kappa shape index (κ2) is 8.13. The molecule has 2 aromatic rings. The fourth-order valence-corrected chi connectivity index (χ4v) is 2.37. The summed E-state index contributed by atoms with van der Waals surface area (Å²) in [6, 6.07) is 17.2. The van der Waals surface area contributed by atoms with Crippen molar-refractivity contribution in [1.29, 1.82) is 0 Å². The zero-order chi connectivity index (χ0) is 16.7. The summed E-state index contributed by atoms with van der Waals surface area (Å²) in [6.07, 6.45) is 0. The highest BCUT2D eigenvalue weighted by molar-refractivity contribution is 5.94. The van der Waals surface area contributed by atoms with Crippen molar-refractivity contribution in [1.82, 2.24) is 10.2 Å². The molecular formula is C19H22N2O2. The number of rotatable bonds is 6. The summed E-state index contributed by atoms with van der Waals surface area (Å²) in [7, 11) is 0. The summed E-state index contributed by atoms with van der Waals surface area (Å²) in [6.45, 7) is 5.05. The van der Waals surface area contributed by atoms with E-state index in [9.17, 15) is 9.59 Å². The average molecular weight is 310 g/mol. The fraction of sp³-hybridized carbons (Fsp3) is 0.263. The summed E-state index contributed by atoms with van der Waals surface area (Å²) >= 11 is 0. The molecule has 4 nitrogen and oxygen atoms in total. The molecule has 23 heavy (non-hydrogen) atoms. The van der Waals surface area contributed by atoms with Gasteiger partial charge in [-0.2, -0.15) is 0 Å². The van der Waals surface area contributed by atoms with Gasteiger partial charge in [0.15, 0.2) is 0 Å². The number of hydrogen-bond donors (Lipinski definition) is 1. The standard InChI is InChI=1S/C19H22N2O2/c1-15-7-6-8-17(13-15)14-21(16(2)22)12-11-20-19(23)18-9-4-3-5-10-18/h3-10,13H,11-12,14H2,1-2H3,(H,20,23). The number of aryl methyl sites for hydroxylation is 1. The van der Waals surface area contributed by atoms with Crippen LogP contribution in [0.3, 0.4) is 0 Å². The van der Waals surface area contributed by atoms with Gasteiger partial charge in [0.2, 0.25) is 5.91 Å². The third-order valence-electron chi connectivity index (χ3n) is 3.60. The fourth-order valence-electron chi connectivity index (χ4n) is 2.37. The lowest BCUT2D eigenvalue weighted by atomic mass is 10.1. The summed E-state index contributed by atoms with van der Waals surface area (Å²) < 4.78 is 0. The Labute approximate surface area is 137 Å². The molecule has 120 valence electrons. The summed E-state index contributed by atoms with van der Waals surface area (Å²) in [5.41, 5.74) is 2.89. The second-order valence-electron chi connectivity index (χ2n) is 5.55. The smallest absolute Gasteiger partial charge is 0.251 e. The van der Waals surface area contributed by atoms with Gasteiger partial charge in [-0.05, 0) is 24.6 Å². The van der Waals surface area contributed by atoms with Crippen molar-refractivity contribution in [3.05, 3.63) is 71.3 Å². The van der Waals surface area contributed by atoms with Crippen molar-refractivity contribution in [2.24, 2.45) is 0 Å². The third kappa shape index (κ3) is 5.25. The van der Waals surface area contributed by atoms with Crippen molar-refractivity contribution < 1.29 is 9.59 Å². The normalized spacial score (nSPS) is 10.2. The predicted octanol–water partition coefficient (Wildman–Crippen LogP) is 2.77. The minimum atomic E-state index is -0.121. The molecule has 0 aliphatic carbocycles. The van der Waals surface area contributed by atoms with Crippen LogP contribution in [0.25, 0.3) is 0 Å². The van der Waals surface area contributed by atoms with E-state index in [-0.39, 0.29) is 11.8 Å². The van der Waals surface area contributed by atoms with E-state index in [4.69, 9.17) is 0 Å². The lowest BCUT2D eigenvalue weighted by Gasteiger charge is -2.21. The van der Waals surface area contributed by atoms with Crippen LogP contribution in [0.15, 0.2) is 54.6 Å². The van der Waals surface area contributed by atoms with Crippen molar-refractivity contribution >= 4 is 11.8 Å². The monoisotopic (exact) mass is 310 g/mol. The van der Waals surface area contributed by atoms with E-state index >= 15 is 0 Å². The molecule has 2 rings (SSSR count). The zero-order valence-corrected chi connectivity index (χ0v) is 13.6. The molecule has 4 heteroatoms. The topological polar surface area (TPSA) is 49.4 Å². The maximum absolute atomic E-state index is 12.0. The number of amides is 2. The quantitative estimate of drug-likeness (QED) is 0.892. The average Bonchev–Trinajstić information content (AvgIpc) is 2.54. The number of benzene rings is 2. The first-order valence-electron chi connectivity index (χ1n) is 7.70. The number of carbonyl (C=O) groups excluding carboxylic acids is 2. The van der Waals surface area contributed by atoms with Gasteiger partial charge in [0.25, 0.3) is 5.91 Å². The minimum absolute atomic E-state index is 0.000432. The third-order valence-corrected chi connectivity index (χ3v) is 3.60. The molecule has 0 fully saturated rings. The first-order valence-corrected chi connectivity index (χ1v) is 7.70. The molecule has 0 spiro atoms. The maximum atomic E-state index is 12.0. The molecule has 0 saturated heterocycles. The summed E-state index contributed by atoms with van der Waals surface area (Å²) in [5.74, 6) is -0.120. The van der Waals surface area contributed by atoms with Gasteiger partial charge in [0.05, 0.1) is 0 Å². The van der Waals surface area contributed by atoms with Crippen molar-refractivity contribution in [3.63, 3.8) is 0 Å². The predicted molar refractivity (Wildman–Crippen MR) is 91.0 cm³/mol. The van der Waals surface area contributed by atoms with Crippen LogP contribution in [0.5, 0.6) is 0 Å². The Morgan fingerprint density at radius 1 is 1.04 bits per heavy atom. The van der Waals surface area contributed by atoms with Crippen LogP contribution in [0.2, 0.25) is 0 Å². The molecular weight excluding hydrogens is 288 g/mol. The maximum Gasteiger partial charge on any atom is 0.251 e. The molecule has 0 saturated carbocycles. The van der Waals surface area contributed by atoms with E-state index in [2.05, 4.69) is 11.4 Å². The lowest BCUT2D eigenvalue weighted by molar-refractivity contribution is -0.129. The number of nitrogens with one attached hydrogen (secondary N) is 1. The molecule has 0 atom stereocenters. The van der Waals surface area contributed by atoms with Crippen molar-refractivity contribution in [2.45, 2.75) is 20.4 Å². The highest BCUT2D eigenvalue weighted by Crippen LogP contribution is 2.07. The van der Waals surface area contributed by atoms with E-state index in [1.807, 2.05) is 43.3 Å². The van der Waals surface area contributed by atoms with E-state index in [1.54, 1.807) is 24.0 Å². The van der Waals surface area contributed by atoms with E-state index in [0.29, 0.717) is 25.2 Å². The molecule has 1 N–H and O–H groups in total. The van der Waals surface area contributed by atoms with Crippen molar-refractivity contribution in [2.75, 3.05) is 13.1 Å². The van der Waals surface area contributed by atoms with Gasteiger partial charge in [-0.25, -0.2) is 0 Å². The molecule has 0 bridgehead atoms. The molecule has 2 aromatic carbocycles.